The van der Waals surface area contributed by atoms with Crippen LogP contribution in [-0.2, 0) is 0 Å². The second kappa shape index (κ2) is 11.2. The summed E-state index contributed by atoms with van der Waals surface area (Å²) in [6, 6.07) is 34.0. The zero-order valence-corrected chi connectivity index (χ0v) is 26.1. The molecule has 0 aliphatic heterocycles. The van der Waals surface area contributed by atoms with Gasteiger partial charge in [0, 0.05) is 16.1 Å². The van der Waals surface area contributed by atoms with Crippen LogP contribution < -0.4 is 20.4 Å². The number of hydrogen-bond donors (Lipinski definition) is 0. The molecule has 0 atom stereocenters. The zero-order valence-electron chi connectivity index (χ0n) is 24.4. The number of fused-ring (bicyclic) bond motifs is 3. The molecule has 3 nitrogen and oxygen atoms in total. The lowest BCUT2D eigenvalue weighted by Crippen LogP contribution is -2.24. The summed E-state index contributed by atoms with van der Waals surface area (Å²) in [6.45, 7) is 13.0. The van der Waals surface area contributed by atoms with Gasteiger partial charge in [-0.05, 0) is 112 Å². The van der Waals surface area contributed by atoms with Crippen LogP contribution in [0.15, 0.2) is 105 Å². The van der Waals surface area contributed by atoms with Gasteiger partial charge in [0.2, 0.25) is 0 Å². The number of hydrogen-bond acceptors (Lipinski definition) is 3. The summed E-state index contributed by atoms with van der Waals surface area (Å²) in [5.74, 6) is 0.786. The number of rotatable bonds is 5. The van der Waals surface area contributed by atoms with Crippen molar-refractivity contribution in [1.82, 2.24) is 0 Å². The van der Waals surface area contributed by atoms with Gasteiger partial charge in [0.25, 0.3) is 0 Å². The third kappa shape index (κ3) is 5.10. The quantitative estimate of drug-likeness (QED) is 0.192. The smallest absolute Gasteiger partial charge is 0.390 e. The third-order valence-electron chi connectivity index (χ3n) is 7.98. The van der Waals surface area contributed by atoms with Gasteiger partial charge in [-0.3, -0.25) is 0 Å². The second-order valence-corrected chi connectivity index (χ2v) is 13.7. The minimum absolute atomic E-state index is 0.786. The summed E-state index contributed by atoms with van der Waals surface area (Å²) in [4.78, 5) is 0. The fourth-order valence-electron chi connectivity index (χ4n) is 5.39. The summed E-state index contributed by atoms with van der Waals surface area (Å²) < 4.78 is 20.0. The van der Waals surface area contributed by atoms with Gasteiger partial charge >= 0.3 is 8.24 Å². The average Bonchev–Trinajstić information content (AvgIpc) is 3.13. The molecule has 1 heterocycles. The minimum Gasteiger partial charge on any atom is -0.390 e. The molecule has 0 aliphatic rings. The van der Waals surface area contributed by atoms with E-state index < -0.39 is 16.2 Å². The van der Waals surface area contributed by atoms with Gasteiger partial charge in [-0.2, -0.15) is 0 Å². The molecule has 6 rings (SSSR count). The lowest BCUT2D eigenvalue weighted by atomic mass is 9.97. The van der Waals surface area contributed by atoms with Crippen molar-refractivity contribution in [2.75, 3.05) is 0 Å². The van der Waals surface area contributed by atoms with Crippen LogP contribution in [0.1, 0.15) is 33.4 Å². The van der Waals surface area contributed by atoms with Crippen molar-refractivity contribution >= 4 is 54.0 Å². The molecule has 0 N–H and O–H groups in total. The first-order valence-corrected chi connectivity index (χ1v) is 16.3. The van der Waals surface area contributed by atoms with E-state index in [1.807, 2.05) is 12.1 Å². The van der Waals surface area contributed by atoms with Crippen molar-refractivity contribution < 1.29 is 12.9 Å². The van der Waals surface area contributed by atoms with E-state index in [2.05, 4.69) is 126 Å². The summed E-state index contributed by atoms with van der Waals surface area (Å²) in [5, 5.41) is 5.95. The van der Waals surface area contributed by atoms with E-state index >= 15 is 0 Å². The maximum Gasteiger partial charge on any atom is 0.453 e. The first-order valence-electron chi connectivity index (χ1n) is 13.9. The molecule has 0 saturated heterocycles. The van der Waals surface area contributed by atoms with Crippen molar-refractivity contribution in [3.63, 3.8) is 0 Å². The van der Waals surface area contributed by atoms with Crippen molar-refractivity contribution in [2.24, 2.45) is 0 Å². The molecular formula is C36H34O3P2. The van der Waals surface area contributed by atoms with E-state index in [1.165, 1.54) is 44.0 Å². The zero-order chi connectivity index (χ0) is 28.7. The Morgan fingerprint density at radius 3 is 1.41 bits per heavy atom. The first kappa shape index (κ1) is 27.4. The Morgan fingerprint density at radius 1 is 0.488 bits per heavy atom. The molecule has 6 aromatic rings. The molecule has 0 unspecified atom stereocenters. The molecule has 0 radical (unpaired) electrons. The number of para-hydroxylation sites is 1. The molecule has 0 aliphatic carbocycles. The van der Waals surface area contributed by atoms with Crippen molar-refractivity contribution in [3.05, 3.63) is 130 Å². The van der Waals surface area contributed by atoms with E-state index in [4.69, 9.17) is 12.9 Å². The summed E-state index contributed by atoms with van der Waals surface area (Å²) in [7, 11) is -2.67. The Bertz CT molecular complexity index is 1840. The number of benzene rings is 5. The van der Waals surface area contributed by atoms with E-state index in [0.29, 0.717) is 0 Å². The molecule has 5 heteroatoms. The minimum atomic E-state index is -1.78. The Morgan fingerprint density at radius 2 is 0.927 bits per heavy atom. The van der Waals surface area contributed by atoms with Gasteiger partial charge in [-0.25, -0.2) is 0 Å². The van der Waals surface area contributed by atoms with E-state index in [-0.39, 0.29) is 0 Å². The van der Waals surface area contributed by atoms with E-state index in [9.17, 15) is 0 Å². The lowest BCUT2D eigenvalue weighted by molar-refractivity contribution is 0.500. The Balaban J connectivity index is 1.59. The highest BCUT2D eigenvalue weighted by Crippen LogP contribution is 2.43. The van der Waals surface area contributed by atoms with Gasteiger partial charge in [0.1, 0.15) is 16.9 Å². The molecule has 5 aromatic carbocycles. The molecular weight excluding hydrogens is 542 g/mol. The number of aryl methyl sites for hydroxylation is 6. The molecule has 0 spiro atoms. The van der Waals surface area contributed by atoms with Gasteiger partial charge in [-0.1, -0.05) is 78.9 Å². The van der Waals surface area contributed by atoms with E-state index in [0.717, 1.165) is 33.0 Å². The Labute approximate surface area is 244 Å². The normalized spacial score (nSPS) is 11.4. The van der Waals surface area contributed by atoms with Crippen LogP contribution in [0.25, 0.3) is 21.9 Å². The predicted molar refractivity (Wildman–Crippen MR) is 176 cm³/mol. The summed E-state index contributed by atoms with van der Waals surface area (Å²) >= 11 is 0. The molecule has 0 bridgehead atoms. The molecule has 0 amide bonds. The largest absolute Gasteiger partial charge is 0.453 e. The predicted octanol–water partition coefficient (Wildman–Crippen LogP) is 9.74. The average molecular weight is 577 g/mol. The SMILES string of the molecule is Cc1ccccc1P(c1ccccc1C)c1ccccc1Op1oc2ccc(C)c(C)c2c2c(C)c(C)ccc2o1. The van der Waals surface area contributed by atoms with Crippen LogP contribution in [0.4, 0.5) is 0 Å². The molecule has 0 saturated carbocycles. The van der Waals surface area contributed by atoms with Crippen LogP contribution in [0, 0.1) is 41.5 Å². The topological polar surface area (TPSA) is 35.5 Å². The maximum absolute atomic E-state index is 6.76. The molecule has 1 aromatic heterocycles. The third-order valence-corrected chi connectivity index (χ3v) is 11.8. The fourth-order valence-corrected chi connectivity index (χ4v) is 9.20. The van der Waals surface area contributed by atoms with Gasteiger partial charge in [-0.15, -0.1) is 0 Å². The van der Waals surface area contributed by atoms with Crippen LogP contribution >= 0.6 is 16.2 Å². The van der Waals surface area contributed by atoms with Gasteiger partial charge < -0.3 is 12.9 Å². The van der Waals surface area contributed by atoms with Crippen LogP contribution in [0.5, 0.6) is 5.75 Å². The summed E-state index contributed by atoms with van der Waals surface area (Å²) in [6.07, 6.45) is 0. The van der Waals surface area contributed by atoms with E-state index in [1.54, 1.807) is 0 Å². The lowest BCUT2D eigenvalue weighted by Gasteiger charge is -2.24. The van der Waals surface area contributed by atoms with Crippen molar-refractivity contribution in [1.29, 1.82) is 0 Å². The van der Waals surface area contributed by atoms with Crippen molar-refractivity contribution in [2.45, 2.75) is 41.5 Å². The second-order valence-electron chi connectivity index (χ2n) is 10.6. The monoisotopic (exact) mass is 576 g/mol. The Kier molecular flexibility index (Phi) is 7.52. The summed E-state index contributed by atoms with van der Waals surface area (Å²) in [5.41, 5.74) is 8.96. The van der Waals surface area contributed by atoms with Crippen LogP contribution in [-0.4, -0.2) is 0 Å². The van der Waals surface area contributed by atoms with Crippen molar-refractivity contribution in [3.8, 4) is 5.75 Å². The highest BCUT2D eigenvalue weighted by molar-refractivity contribution is 7.80. The van der Waals surface area contributed by atoms with Crippen LogP contribution in [0.3, 0.4) is 0 Å². The standard InChI is InChI=1S/C36H34O3P2/c1-23-19-21-30-35(27(23)5)36-28(6)24(2)20-22-31(36)39-41(38-30)37-29-15-9-12-18-34(29)40(32-16-10-7-13-25(32)3)33-17-11-8-14-26(33)4/h7-22H,1-6H3. The Hall–Kier alpha value is -3.77. The molecule has 41 heavy (non-hydrogen) atoms. The van der Waals surface area contributed by atoms with Gasteiger partial charge in [0.15, 0.2) is 0 Å². The first-order chi connectivity index (χ1) is 19.8. The maximum atomic E-state index is 6.76. The molecule has 0 fully saturated rings. The fraction of sp³-hybridized carbons (Fsp3) is 0.167. The van der Waals surface area contributed by atoms with Gasteiger partial charge in [0.05, 0.1) is 0 Å². The highest BCUT2D eigenvalue weighted by Gasteiger charge is 2.24. The highest BCUT2D eigenvalue weighted by atomic mass is 31.1. The molecule has 206 valence electrons. The van der Waals surface area contributed by atoms with Crippen LogP contribution in [0.2, 0.25) is 0 Å².